The van der Waals surface area contributed by atoms with Gasteiger partial charge in [-0.05, 0) is 19.3 Å². The van der Waals surface area contributed by atoms with Crippen molar-refractivity contribution in [1.82, 2.24) is 0 Å². The molecule has 15 N–H and O–H groups in total. The lowest BCUT2D eigenvalue weighted by Gasteiger charge is -2.48. The highest BCUT2D eigenvalue weighted by Gasteiger charge is 2.49. The van der Waals surface area contributed by atoms with E-state index in [9.17, 15) is 25.5 Å². The molecule has 2 aliphatic carbocycles. The minimum absolute atomic E-state index is 0.0708. The molecule has 14 atom stereocenters. The Morgan fingerprint density at radius 2 is 1.41 bits per heavy atom. The number of aliphatic hydroxyl groups is 5. The van der Waals surface area contributed by atoms with Crippen molar-refractivity contribution in [2.45, 2.75) is 98.6 Å². The fraction of sp³-hybridized carbons (Fsp3) is 1.00. The summed E-state index contributed by atoms with van der Waals surface area (Å²) in [5.74, 6) is -0.585. The minimum Gasteiger partial charge on any atom is -0.396 e. The lowest BCUT2D eigenvalue weighted by atomic mass is 9.79. The van der Waals surface area contributed by atoms with Gasteiger partial charge in [-0.2, -0.15) is 0 Å². The zero-order valence-corrected chi connectivity index (χ0v) is 18.0. The van der Waals surface area contributed by atoms with Gasteiger partial charge in [0.05, 0.1) is 42.6 Å². The summed E-state index contributed by atoms with van der Waals surface area (Å²) in [7, 11) is 0. The van der Waals surface area contributed by atoms with Crippen molar-refractivity contribution in [2.75, 3.05) is 13.2 Å². The molecule has 0 aromatic carbocycles. The fourth-order valence-corrected chi connectivity index (χ4v) is 4.91. The number of hydrogen-bond acceptors (Lipinski definition) is 13. The molecular weight excluding hydrogens is 426 g/mol. The first-order valence-electron chi connectivity index (χ1n) is 11.1. The lowest BCUT2D eigenvalue weighted by molar-refractivity contribution is -0.275. The molecule has 3 aliphatic rings. The highest BCUT2D eigenvalue weighted by Crippen LogP contribution is 2.32. The molecule has 0 unspecified atom stereocenters. The van der Waals surface area contributed by atoms with Gasteiger partial charge in [-0.1, -0.05) is 0 Å². The molecule has 0 radical (unpaired) electrons. The van der Waals surface area contributed by atoms with Crippen LogP contribution in [0.5, 0.6) is 0 Å². The normalized spacial score (nSPS) is 52.7. The Labute approximate surface area is 186 Å². The summed E-state index contributed by atoms with van der Waals surface area (Å²) < 4.78 is 17.6. The van der Waals surface area contributed by atoms with E-state index in [0.29, 0.717) is 0 Å². The number of hydrogen-bond donors (Lipinski definition) is 10. The largest absolute Gasteiger partial charge is 0.396 e. The van der Waals surface area contributed by atoms with Crippen LogP contribution in [0.25, 0.3) is 0 Å². The second-order valence-electron chi connectivity index (χ2n) is 9.28. The van der Waals surface area contributed by atoms with E-state index >= 15 is 0 Å². The summed E-state index contributed by atoms with van der Waals surface area (Å²) in [6.07, 6.45) is -8.20. The van der Waals surface area contributed by atoms with Gasteiger partial charge >= 0.3 is 0 Å². The van der Waals surface area contributed by atoms with Gasteiger partial charge in [-0.25, -0.2) is 0 Å². The Morgan fingerprint density at radius 3 is 2.00 bits per heavy atom. The third-order valence-corrected chi connectivity index (χ3v) is 6.94. The minimum atomic E-state index is -1.28. The smallest absolute Gasteiger partial charge is 0.173 e. The van der Waals surface area contributed by atoms with Gasteiger partial charge in [-0.3, -0.25) is 0 Å². The molecule has 3 fully saturated rings. The third-order valence-electron chi connectivity index (χ3n) is 6.94. The Morgan fingerprint density at radius 1 is 0.781 bits per heavy atom. The van der Waals surface area contributed by atoms with Gasteiger partial charge in [0.2, 0.25) is 0 Å². The summed E-state index contributed by atoms with van der Waals surface area (Å²) in [6, 6.07) is -3.00. The van der Waals surface area contributed by atoms with Crippen molar-refractivity contribution in [3.05, 3.63) is 0 Å². The van der Waals surface area contributed by atoms with Crippen LogP contribution in [0.1, 0.15) is 19.3 Å². The van der Waals surface area contributed by atoms with Crippen LogP contribution >= 0.6 is 0 Å². The van der Waals surface area contributed by atoms with Gasteiger partial charge < -0.3 is 68.4 Å². The Kier molecular flexibility index (Phi) is 8.82. The first-order valence-corrected chi connectivity index (χ1v) is 11.1. The predicted octanol–water partition coefficient (Wildman–Crippen LogP) is -5.63. The van der Waals surface area contributed by atoms with E-state index in [1.54, 1.807) is 0 Å². The molecule has 0 spiro atoms. The summed E-state index contributed by atoms with van der Waals surface area (Å²) in [5.41, 5.74) is 30.0. The highest BCUT2D eigenvalue weighted by atomic mass is 16.7. The molecule has 0 amide bonds. The zero-order valence-electron chi connectivity index (χ0n) is 18.0. The summed E-state index contributed by atoms with van der Waals surface area (Å²) >= 11 is 0. The van der Waals surface area contributed by atoms with Crippen LogP contribution in [-0.4, -0.2) is 118 Å². The average molecular weight is 466 g/mol. The lowest BCUT2D eigenvalue weighted by Crippen LogP contribution is -2.67. The molecule has 3 rings (SSSR count). The molecule has 13 nitrogen and oxygen atoms in total. The van der Waals surface area contributed by atoms with Gasteiger partial charge in [0.25, 0.3) is 0 Å². The monoisotopic (exact) mass is 465 g/mol. The predicted molar refractivity (Wildman–Crippen MR) is 112 cm³/mol. The third kappa shape index (κ3) is 5.25. The Hall–Kier alpha value is -0.520. The van der Waals surface area contributed by atoms with Gasteiger partial charge in [0.1, 0.15) is 18.3 Å². The van der Waals surface area contributed by atoms with Crippen LogP contribution in [0.2, 0.25) is 0 Å². The van der Waals surface area contributed by atoms with Crippen molar-refractivity contribution >= 4 is 0 Å². The SMILES string of the molecule is NC[C@H]1O[C@H](O[C@H]2[C@H](O)[C@@H](O[C@H]3C[C@H](CO)[C@@H](O)[C@H](N)[C@H]3O)[C@H](N)C[C@@H]2N)[C@H](N)C[C@@H]1O. The molecule has 1 saturated heterocycles. The summed E-state index contributed by atoms with van der Waals surface area (Å²) in [5, 5.41) is 51.2. The number of aliphatic hydroxyl groups excluding tert-OH is 5. The van der Waals surface area contributed by atoms with Crippen molar-refractivity contribution in [3.8, 4) is 0 Å². The second kappa shape index (κ2) is 10.8. The van der Waals surface area contributed by atoms with E-state index in [1.165, 1.54) is 0 Å². The number of rotatable bonds is 6. The maximum absolute atomic E-state index is 11.0. The van der Waals surface area contributed by atoms with Gasteiger partial charge in [-0.15, -0.1) is 0 Å². The number of ether oxygens (including phenoxy) is 3. The van der Waals surface area contributed by atoms with E-state index in [4.69, 9.17) is 42.9 Å². The maximum Gasteiger partial charge on any atom is 0.173 e. The molecule has 0 aromatic rings. The topological polar surface area (TPSA) is 259 Å². The van der Waals surface area contributed by atoms with Crippen LogP contribution in [0, 0.1) is 5.92 Å². The first-order chi connectivity index (χ1) is 15.1. The van der Waals surface area contributed by atoms with E-state index in [2.05, 4.69) is 0 Å². The maximum atomic E-state index is 11.0. The molecule has 0 bridgehead atoms. The van der Waals surface area contributed by atoms with Crippen molar-refractivity contribution in [1.29, 1.82) is 0 Å². The van der Waals surface area contributed by atoms with Gasteiger partial charge in [0, 0.05) is 31.2 Å². The molecular formula is C19H39N5O8. The summed E-state index contributed by atoms with van der Waals surface area (Å²) in [6.45, 7) is -0.260. The first kappa shape index (κ1) is 26.1. The van der Waals surface area contributed by atoms with E-state index in [1.807, 2.05) is 0 Å². The molecule has 188 valence electrons. The highest BCUT2D eigenvalue weighted by molar-refractivity contribution is 5.02. The Balaban J connectivity index is 1.70. The Bertz CT molecular complexity index is 606. The van der Waals surface area contributed by atoms with E-state index in [-0.39, 0.29) is 32.4 Å². The molecule has 1 heterocycles. The quantitative estimate of drug-likeness (QED) is 0.176. The molecule has 0 aromatic heterocycles. The standard InChI is InChI=1S/C19H39N5O8/c20-4-12-10(26)3-9(23)19(31-12)32-18-8(22)2-7(21)17(16(18)29)30-11-1-6(5-25)14(27)13(24)15(11)28/h6-19,25-29H,1-5,20-24H2/t6-,7-,8+,9-,10+,11+,12-,13+,14-,15+,16-,17+,18-,19-/m1/s1. The zero-order chi connectivity index (χ0) is 23.7. The fourth-order valence-electron chi connectivity index (χ4n) is 4.91. The van der Waals surface area contributed by atoms with E-state index in [0.717, 1.165) is 0 Å². The van der Waals surface area contributed by atoms with Crippen molar-refractivity contribution in [2.24, 2.45) is 34.6 Å². The molecule has 32 heavy (non-hydrogen) atoms. The van der Waals surface area contributed by atoms with Gasteiger partial charge in [0.15, 0.2) is 6.29 Å². The average Bonchev–Trinajstić information content (AvgIpc) is 2.75. The second-order valence-corrected chi connectivity index (χ2v) is 9.28. The van der Waals surface area contributed by atoms with Crippen LogP contribution in [0.3, 0.4) is 0 Å². The molecule has 2 saturated carbocycles. The number of nitrogens with two attached hydrogens (primary N) is 5. The van der Waals surface area contributed by atoms with Crippen LogP contribution < -0.4 is 28.7 Å². The van der Waals surface area contributed by atoms with Crippen molar-refractivity contribution in [3.63, 3.8) is 0 Å². The molecule has 13 heteroatoms. The van der Waals surface area contributed by atoms with Crippen LogP contribution in [0.4, 0.5) is 0 Å². The molecule has 1 aliphatic heterocycles. The van der Waals surface area contributed by atoms with Crippen LogP contribution in [0.15, 0.2) is 0 Å². The van der Waals surface area contributed by atoms with E-state index < -0.39 is 85.2 Å². The summed E-state index contributed by atoms with van der Waals surface area (Å²) in [4.78, 5) is 0. The van der Waals surface area contributed by atoms with Crippen LogP contribution in [-0.2, 0) is 14.2 Å². The van der Waals surface area contributed by atoms with Crippen molar-refractivity contribution < 1.29 is 39.7 Å².